The number of primary amides is 1. The number of aromatic nitrogens is 1. The van der Waals surface area contributed by atoms with Gasteiger partial charge in [-0.3, -0.25) is 9.59 Å². The fourth-order valence-corrected chi connectivity index (χ4v) is 1.87. The van der Waals surface area contributed by atoms with Gasteiger partial charge in [-0.2, -0.15) is 0 Å². The average Bonchev–Trinajstić information content (AvgIpc) is 2.66. The second-order valence-corrected chi connectivity index (χ2v) is 5.22. The van der Waals surface area contributed by atoms with Gasteiger partial charge in [-0.1, -0.05) is 0 Å². The second kappa shape index (κ2) is 5.44. The summed E-state index contributed by atoms with van der Waals surface area (Å²) in [6.07, 6.45) is 1.52. The molecule has 1 heterocycles. The van der Waals surface area contributed by atoms with Crippen LogP contribution >= 0.6 is 0 Å². The number of carbonyl (C=O) groups excluding carboxylic acids is 2. The molecule has 1 aromatic rings. The predicted octanol–water partition coefficient (Wildman–Crippen LogP) is 0.357. The maximum atomic E-state index is 12.4. The van der Waals surface area contributed by atoms with E-state index >= 15 is 0 Å². The van der Waals surface area contributed by atoms with Crippen molar-refractivity contribution in [2.75, 3.05) is 13.1 Å². The summed E-state index contributed by atoms with van der Waals surface area (Å²) in [4.78, 5) is 25.0. The Bertz CT molecular complexity index is 486. The number of likely N-dealkylation sites (N-methyl/N-ethyl adjacent to an activating group) is 1. The van der Waals surface area contributed by atoms with Gasteiger partial charge in [0.25, 0.3) is 5.91 Å². The summed E-state index contributed by atoms with van der Waals surface area (Å²) in [6, 6.07) is 1.47. The van der Waals surface area contributed by atoms with Crippen molar-refractivity contribution in [3.8, 4) is 0 Å². The lowest BCUT2D eigenvalue weighted by molar-refractivity contribution is 0.0309. The van der Waals surface area contributed by atoms with Crippen molar-refractivity contribution in [3.63, 3.8) is 0 Å². The van der Waals surface area contributed by atoms with Crippen molar-refractivity contribution in [1.29, 1.82) is 0 Å². The van der Waals surface area contributed by atoms with Gasteiger partial charge in [-0.05, 0) is 26.8 Å². The van der Waals surface area contributed by atoms with Crippen molar-refractivity contribution >= 4 is 11.8 Å². The standard InChI is InChI=1S/C13H21N3O3/c1-5-16(8-13(2,3)19)12(18)10-6-9(11(14)17)7-15(10)4/h6-7,19H,5,8H2,1-4H3,(H2,14,17). The molecule has 1 aromatic heterocycles. The number of hydrogen-bond acceptors (Lipinski definition) is 3. The van der Waals surface area contributed by atoms with Crippen LogP contribution in [-0.4, -0.2) is 45.1 Å². The normalized spacial score (nSPS) is 11.4. The SMILES string of the molecule is CCN(CC(C)(C)O)C(=O)c1cc(C(N)=O)cn1C. The molecule has 0 atom stereocenters. The highest BCUT2D eigenvalue weighted by Crippen LogP contribution is 2.13. The van der Waals surface area contributed by atoms with E-state index < -0.39 is 11.5 Å². The molecule has 0 aliphatic rings. The van der Waals surface area contributed by atoms with Gasteiger partial charge in [-0.15, -0.1) is 0 Å². The fraction of sp³-hybridized carbons (Fsp3) is 0.538. The zero-order valence-electron chi connectivity index (χ0n) is 11.8. The molecular formula is C13H21N3O3. The molecule has 2 amide bonds. The molecule has 0 bridgehead atoms. The van der Waals surface area contributed by atoms with E-state index in [0.29, 0.717) is 17.8 Å². The second-order valence-electron chi connectivity index (χ2n) is 5.22. The van der Waals surface area contributed by atoms with Crippen LogP contribution in [0.4, 0.5) is 0 Å². The monoisotopic (exact) mass is 267 g/mol. The molecule has 1 rings (SSSR count). The summed E-state index contributed by atoms with van der Waals surface area (Å²) in [6.45, 7) is 5.81. The number of rotatable bonds is 5. The third kappa shape index (κ3) is 3.82. The molecule has 106 valence electrons. The minimum absolute atomic E-state index is 0.222. The highest BCUT2D eigenvalue weighted by molar-refractivity contribution is 5.98. The van der Waals surface area contributed by atoms with Crippen LogP contribution in [0.1, 0.15) is 41.6 Å². The van der Waals surface area contributed by atoms with Gasteiger partial charge in [0.15, 0.2) is 0 Å². The number of amides is 2. The highest BCUT2D eigenvalue weighted by atomic mass is 16.3. The Labute approximate surface area is 112 Å². The van der Waals surface area contributed by atoms with Gasteiger partial charge in [0.05, 0.1) is 11.2 Å². The summed E-state index contributed by atoms with van der Waals surface area (Å²) in [7, 11) is 1.68. The van der Waals surface area contributed by atoms with Crippen LogP contribution in [0.5, 0.6) is 0 Å². The zero-order chi connectivity index (χ0) is 14.8. The van der Waals surface area contributed by atoms with Crippen LogP contribution in [0.15, 0.2) is 12.3 Å². The van der Waals surface area contributed by atoms with Crippen LogP contribution in [0, 0.1) is 0 Å². The quantitative estimate of drug-likeness (QED) is 0.807. The van der Waals surface area contributed by atoms with Gasteiger partial charge in [0.2, 0.25) is 5.91 Å². The third-order valence-corrected chi connectivity index (χ3v) is 2.76. The molecule has 0 aliphatic heterocycles. The minimum Gasteiger partial charge on any atom is -0.389 e. The zero-order valence-corrected chi connectivity index (χ0v) is 11.8. The first-order valence-electron chi connectivity index (χ1n) is 6.13. The molecule has 0 spiro atoms. The Morgan fingerprint density at radius 1 is 1.47 bits per heavy atom. The van der Waals surface area contributed by atoms with E-state index in [4.69, 9.17) is 5.73 Å². The van der Waals surface area contributed by atoms with Crippen molar-refractivity contribution in [2.24, 2.45) is 12.8 Å². The van der Waals surface area contributed by atoms with Gasteiger partial charge >= 0.3 is 0 Å². The van der Waals surface area contributed by atoms with Crippen molar-refractivity contribution < 1.29 is 14.7 Å². The first-order valence-corrected chi connectivity index (χ1v) is 6.13. The molecule has 0 radical (unpaired) electrons. The topological polar surface area (TPSA) is 88.6 Å². The molecule has 0 aliphatic carbocycles. The number of aryl methyl sites for hydroxylation is 1. The molecule has 0 saturated heterocycles. The molecule has 0 unspecified atom stereocenters. The van der Waals surface area contributed by atoms with Crippen LogP contribution in [0.25, 0.3) is 0 Å². The molecule has 6 nitrogen and oxygen atoms in total. The predicted molar refractivity (Wildman–Crippen MR) is 71.8 cm³/mol. The summed E-state index contributed by atoms with van der Waals surface area (Å²) < 4.78 is 1.56. The Morgan fingerprint density at radius 3 is 2.42 bits per heavy atom. The third-order valence-electron chi connectivity index (χ3n) is 2.76. The van der Waals surface area contributed by atoms with Gasteiger partial charge < -0.3 is 20.3 Å². The molecule has 19 heavy (non-hydrogen) atoms. The first kappa shape index (κ1) is 15.2. The van der Waals surface area contributed by atoms with Crippen molar-refractivity contribution in [2.45, 2.75) is 26.4 Å². The van der Waals surface area contributed by atoms with E-state index in [1.54, 1.807) is 25.5 Å². The van der Waals surface area contributed by atoms with E-state index in [1.165, 1.54) is 17.2 Å². The van der Waals surface area contributed by atoms with E-state index in [0.717, 1.165) is 0 Å². The van der Waals surface area contributed by atoms with Gasteiger partial charge in [-0.25, -0.2) is 0 Å². The summed E-state index contributed by atoms with van der Waals surface area (Å²) in [5.41, 5.74) is 4.89. The van der Waals surface area contributed by atoms with Crippen LogP contribution in [0.3, 0.4) is 0 Å². The van der Waals surface area contributed by atoms with E-state index in [-0.39, 0.29) is 12.5 Å². The molecule has 0 saturated carbocycles. The number of carbonyl (C=O) groups is 2. The van der Waals surface area contributed by atoms with Gasteiger partial charge in [0, 0.05) is 26.3 Å². The number of nitrogens with zero attached hydrogens (tertiary/aromatic N) is 2. The smallest absolute Gasteiger partial charge is 0.270 e. The maximum absolute atomic E-state index is 12.4. The molecule has 3 N–H and O–H groups in total. The lowest BCUT2D eigenvalue weighted by Crippen LogP contribution is -2.42. The van der Waals surface area contributed by atoms with Crippen molar-refractivity contribution in [3.05, 3.63) is 23.5 Å². The van der Waals surface area contributed by atoms with Crippen LogP contribution < -0.4 is 5.73 Å². The molecule has 6 heteroatoms. The molecule has 0 fully saturated rings. The van der Waals surface area contributed by atoms with E-state index in [1.807, 2.05) is 6.92 Å². The number of aliphatic hydroxyl groups is 1. The Morgan fingerprint density at radius 2 is 2.05 bits per heavy atom. The summed E-state index contributed by atoms with van der Waals surface area (Å²) in [5.74, 6) is -0.806. The molecule has 0 aromatic carbocycles. The van der Waals surface area contributed by atoms with Crippen LogP contribution in [0.2, 0.25) is 0 Å². The number of hydrogen-bond donors (Lipinski definition) is 2. The maximum Gasteiger partial charge on any atom is 0.270 e. The van der Waals surface area contributed by atoms with E-state index in [9.17, 15) is 14.7 Å². The lowest BCUT2D eigenvalue weighted by atomic mass is 10.1. The lowest BCUT2D eigenvalue weighted by Gasteiger charge is -2.28. The Balaban J connectivity index is 3.01. The minimum atomic E-state index is -0.969. The highest BCUT2D eigenvalue weighted by Gasteiger charge is 2.24. The fourth-order valence-electron chi connectivity index (χ4n) is 1.87. The van der Waals surface area contributed by atoms with E-state index in [2.05, 4.69) is 0 Å². The van der Waals surface area contributed by atoms with Crippen molar-refractivity contribution in [1.82, 2.24) is 9.47 Å². The summed E-state index contributed by atoms with van der Waals surface area (Å²) in [5, 5.41) is 9.80. The number of nitrogens with two attached hydrogens (primary N) is 1. The van der Waals surface area contributed by atoms with Crippen LogP contribution in [-0.2, 0) is 7.05 Å². The average molecular weight is 267 g/mol. The van der Waals surface area contributed by atoms with Gasteiger partial charge in [0.1, 0.15) is 5.69 Å². The molecular weight excluding hydrogens is 246 g/mol. The summed E-state index contributed by atoms with van der Waals surface area (Å²) >= 11 is 0. The largest absolute Gasteiger partial charge is 0.389 e. The Hall–Kier alpha value is -1.82. The Kier molecular flexibility index (Phi) is 4.36. The first-order chi connectivity index (χ1) is 8.65.